The molecule has 0 fully saturated rings. The topological polar surface area (TPSA) is 38.4 Å². The number of hydrogen-bond acceptors (Lipinski definition) is 2. The molecule has 40 valence electrons. The first kappa shape index (κ1) is 6.14. The smallest absolute Gasteiger partial charge is 0.176 e. The summed E-state index contributed by atoms with van der Waals surface area (Å²) in [6.07, 6.45) is 1.23. The Hall–Kier alpha value is -0.860. The van der Waals surface area contributed by atoms with Gasteiger partial charge in [-0.05, 0) is 6.92 Å². The van der Waals surface area contributed by atoms with E-state index in [0.717, 1.165) is 0 Å². The molecule has 0 aliphatic rings. The molecule has 0 saturated heterocycles. The predicted molar refractivity (Wildman–Crippen MR) is 27.5 cm³/mol. The first-order valence-electron chi connectivity index (χ1n) is 1.82. The van der Waals surface area contributed by atoms with E-state index < -0.39 is 0 Å². The molecular formula is C4H7FN2. The molecule has 0 bridgehead atoms. The van der Waals surface area contributed by atoms with Gasteiger partial charge in [-0.1, -0.05) is 0 Å². The van der Waals surface area contributed by atoms with Crippen molar-refractivity contribution in [3.63, 3.8) is 0 Å². The van der Waals surface area contributed by atoms with Gasteiger partial charge >= 0.3 is 0 Å². The van der Waals surface area contributed by atoms with Gasteiger partial charge in [0.05, 0.1) is 5.70 Å². The predicted octanol–water partition coefficient (Wildman–Crippen LogP) is 0.804. The third-order valence-electron chi connectivity index (χ3n) is 0.494. The highest BCUT2D eigenvalue weighted by Crippen LogP contribution is 1.86. The second kappa shape index (κ2) is 3.33. The molecule has 0 saturated carbocycles. The van der Waals surface area contributed by atoms with Crippen LogP contribution in [0, 0.1) is 0 Å². The molecule has 0 aliphatic carbocycles. The summed E-state index contributed by atoms with van der Waals surface area (Å²) in [5.41, 5.74) is 5.39. The maximum absolute atomic E-state index is 11.0. The summed E-state index contributed by atoms with van der Waals surface area (Å²) in [5, 5.41) is 0. The fourth-order valence-electron chi connectivity index (χ4n) is 0.120. The number of halogens is 1. The van der Waals surface area contributed by atoms with E-state index in [4.69, 9.17) is 5.73 Å². The molecular weight excluding hydrogens is 95.1 g/mol. The van der Waals surface area contributed by atoms with Gasteiger partial charge in [-0.25, -0.2) is 4.99 Å². The highest BCUT2D eigenvalue weighted by atomic mass is 19.1. The van der Waals surface area contributed by atoms with E-state index in [2.05, 4.69) is 4.99 Å². The molecule has 3 heteroatoms. The van der Waals surface area contributed by atoms with Gasteiger partial charge in [0.25, 0.3) is 0 Å². The van der Waals surface area contributed by atoms with Crippen LogP contribution in [0.2, 0.25) is 0 Å². The molecule has 0 unspecified atom stereocenters. The second-order valence-corrected chi connectivity index (χ2v) is 1.03. The number of hydrogen-bond donors (Lipinski definition) is 1. The van der Waals surface area contributed by atoms with Crippen molar-refractivity contribution in [3.8, 4) is 0 Å². The van der Waals surface area contributed by atoms with Crippen molar-refractivity contribution in [2.75, 3.05) is 0 Å². The number of nitrogens with two attached hydrogens (primary N) is 1. The molecule has 0 aromatic heterocycles. The maximum Gasteiger partial charge on any atom is 0.176 e. The first-order chi connectivity index (χ1) is 3.31. The molecule has 0 aromatic carbocycles. The van der Waals surface area contributed by atoms with E-state index in [0.29, 0.717) is 5.70 Å². The van der Waals surface area contributed by atoms with Crippen LogP contribution in [-0.4, -0.2) is 6.47 Å². The number of allylic oxidation sites excluding steroid dienone is 1. The Labute approximate surface area is 41.5 Å². The maximum atomic E-state index is 11.0. The SMILES string of the molecule is C/C(=C/N)N=CF. The molecule has 2 nitrogen and oxygen atoms in total. The molecule has 0 aromatic rings. The van der Waals surface area contributed by atoms with Crippen LogP contribution in [0.3, 0.4) is 0 Å². The number of aliphatic imine (C=N–C) groups is 1. The summed E-state index contributed by atoms with van der Waals surface area (Å²) in [6.45, 7) is 1.81. The highest BCUT2D eigenvalue weighted by molar-refractivity contribution is 5.46. The summed E-state index contributed by atoms with van der Waals surface area (Å²) < 4.78 is 11.0. The highest BCUT2D eigenvalue weighted by Gasteiger charge is 1.72. The van der Waals surface area contributed by atoms with Crippen LogP contribution >= 0.6 is 0 Å². The zero-order valence-corrected chi connectivity index (χ0v) is 4.06. The minimum atomic E-state index is 0.207. The van der Waals surface area contributed by atoms with Crippen molar-refractivity contribution in [2.45, 2.75) is 6.92 Å². The minimum Gasteiger partial charge on any atom is -0.403 e. The molecule has 0 atom stereocenters. The molecule has 0 rings (SSSR count). The number of rotatable bonds is 1. The molecule has 0 radical (unpaired) electrons. The summed E-state index contributed by atoms with van der Waals surface area (Å²) in [6, 6.07) is 0. The van der Waals surface area contributed by atoms with Crippen LogP contribution in [-0.2, 0) is 0 Å². The Balaban J connectivity index is 3.58. The van der Waals surface area contributed by atoms with Crippen molar-refractivity contribution >= 4 is 6.47 Å². The van der Waals surface area contributed by atoms with E-state index in [1.807, 2.05) is 0 Å². The van der Waals surface area contributed by atoms with E-state index in [-0.39, 0.29) is 6.47 Å². The van der Waals surface area contributed by atoms with Crippen LogP contribution in [0.1, 0.15) is 6.92 Å². The third-order valence-corrected chi connectivity index (χ3v) is 0.494. The monoisotopic (exact) mass is 102 g/mol. The van der Waals surface area contributed by atoms with E-state index in [9.17, 15) is 4.39 Å². The van der Waals surface area contributed by atoms with Gasteiger partial charge in [-0.3, -0.25) is 0 Å². The lowest BCUT2D eigenvalue weighted by Crippen LogP contribution is -1.79. The normalized spacial score (nSPS) is 13.1. The Morgan fingerprint density at radius 1 is 1.86 bits per heavy atom. The lowest BCUT2D eigenvalue weighted by Gasteiger charge is -1.80. The Morgan fingerprint density at radius 2 is 2.43 bits per heavy atom. The fourth-order valence-corrected chi connectivity index (χ4v) is 0.120. The van der Waals surface area contributed by atoms with Crippen molar-refractivity contribution in [1.82, 2.24) is 0 Å². The van der Waals surface area contributed by atoms with Crippen molar-refractivity contribution in [2.24, 2.45) is 10.7 Å². The third kappa shape index (κ3) is 2.96. The van der Waals surface area contributed by atoms with E-state index in [1.165, 1.54) is 6.20 Å². The Morgan fingerprint density at radius 3 is 2.57 bits per heavy atom. The lowest BCUT2D eigenvalue weighted by atomic mass is 10.6. The largest absolute Gasteiger partial charge is 0.403 e. The van der Waals surface area contributed by atoms with E-state index >= 15 is 0 Å². The summed E-state index contributed by atoms with van der Waals surface area (Å²) in [5.74, 6) is 0. The standard InChI is InChI=1S/C4H7FN2/c1-4(2-6)7-3-5/h2-3H,6H2,1H3/b4-2-,7-3?. The molecule has 0 aliphatic heterocycles. The van der Waals surface area contributed by atoms with Crippen LogP contribution in [0.15, 0.2) is 16.9 Å². The van der Waals surface area contributed by atoms with Crippen LogP contribution < -0.4 is 5.73 Å². The van der Waals surface area contributed by atoms with Crippen LogP contribution in [0.5, 0.6) is 0 Å². The molecule has 0 spiro atoms. The second-order valence-electron chi connectivity index (χ2n) is 1.03. The van der Waals surface area contributed by atoms with Crippen molar-refractivity contribution in [3.05, 3.63) is 11.9 Å². The molecule has 7 heavy (non-hydrogen) atoms. The average Bonchev–Trinajstić information content (AvgIpc) is 1.68. The fraction of sp³-hybridized carbons (Fsp3) is 0.250. The number of nitrogens with zero attached hydrogens (tertiary/aromatic N) is 1. The zero-order valence-electron chi connectivity index (χ0n) is 4.06. The van der Waals surface area contributed by atoms with Gasteiger partial charge in [0.1, 0.15) is 0 Å². The Kier molecular flexibility index (Phi) is 2.92. The average molecular weight is 102 g/mol. The van der Waals surface area contributed by atoms with Crippen LogP contribution in [0.4, 0.5) is 4.39 Å². The summed E-state index contributed by atoms with van der Waals surface area (Å²) in [4.78, 5) is 3.19. The summed E-state index contributed by atoms with van der Waals surface area (Å²) in [7, 11) is 0. The zero-order chi connectivity index (χ0) is 5.70. The Bertz CT molecular complexity index is 95.9. The van der Waals surface area contributed by atoms with Gasteiger partial charge in [-0.2, -0.15) is 4.39 Å². The summed E-state index contributed by atoms with van der Waals surface area (Å²) >= 11 is 0. The van der Waals surface area contributed by atoms with Crippen LogP contribution in [0.25, 0.3) is 0 Å². The van der Waals surface area contributed by atoms with E-state index in [1.54, 1.807) is 6.92 Å². The molecule has 0 heterocycles. The van der Waals surface area contributed by atoms with Gasteiger partial charge in [0.15, 0.2) is 6.47 Å². The molecule has 2 N–H and O–H groups in total. The van der Waals surface area contributed by atoms with Gasteiger partial charge < -0.3 is 5.73 Å². The lowest BCUT2D eigenvalue weighted by molar-refractivity contribution is 0.837. The minimum absolute atomic E-state index is 0.207. The first-order valence-corrected chi connectivity index (χ1v) is 1.82. The van der Waals surface area contributed by atoms with Gasteiger partial charge in [0.2, 0.25) is 0 Å². The van der Waals surface area contributed by atoms with Gasteiger partial charge in [-0.15, -0.1) is 0 Å². The molecule has 0 amide bonds. The van der Waals surface area contributed by atoms with Crippen molar-refractivity contribution < 1.29 is 4.39 Å². The van der Waals surface area contributed by atoms with Gasteiger partial charge in [0, 0.05) is 6.20 Å². The van der Waals surface area contributed by atoms with Crippen molar-refractivity contribution in [1.29, 1.82) is 0 Å². The quantitative estimate of drug-likeness (QED) is 0.489.